The predicted molar refractivity (Wildman–Crippen MR) is 164 cm³/mol. The quantitative estimate of drug-likeness (QED) is 0.301. The zero-order chi connectivity index (χ0) is 28.3. The Morgan fingerprint density at radius 3 is 2.62 bits per heavy atom. The summed E-state index contributed by atoms with van der Waals surface area (Å²) < 4.78 is 14.6. The second-order valence-electron chi connectivity index (χ2n) is 11.5. The number of aliphatic hydroxyl groups is 1. The van der Waals surface area contributed by atoms with Crippen molar-refractivity contribution < 1.29 is 14.3 Å². The number of fused-ring (bicyclic) bond motifs is 1. The Bertz CT molecular complexity index is 1400. The Morgan fingerprint density at radius 2 is 1.90 bits per heavy atom. The lowest BCUT2D eigenvalue weighted by Gasteiger charge is -2.44. The molecule has 0 aromatic heterocycles. The number of thioether (sulfide) groups is 1. The first kappa shape index (κ1) is 28.8. The van der Waals surface area contributed by atoms with E-state index in [-0.39, 0.29) is 17.6 Å². The molecule has 0 radical (unpaired) electrons. The number of hydrogen-bond acceptors (Lipinski definition) is 4. The molecule has 5 rings (SSSR count). The number of aryl methyl sites for hydroxylation is 3. The number of nitrogens with one attached hydrogen (secondary N) is 1. The molecule has 210 valence electrons. The van der Waals surface area contributed by atoms with Crippen molar-refractivity contribution in [3.05, 3.63) is 105 Å². The van der Waals surface area contributed by atoms with E-state index in [9.17, 15) is 14.3 Å². The number of carbonyl (C=O) groups excluding carboxylic acids is 1. The molecule has 1 saturated heterocycles. The average Bonchev–Trinajstić information content (AvgIpc) is 2.93. The van der Waals surface area contributed by atoms with Crippen molar-refractivity contribution in [1.82, 2.24) is 5.32 Å². The second kappa shape index (κ2) is 12.4. The number of halogens is 1. The van der Waals surface area contributed by atoms with Gasteiger partial charge in [0.05, 0.1) is 5.60 Å². The Hall–Kier alpha value is -2.73. The number of Topliss-reactive ketones (excluding diaryl/α,β-unsaturated/α-hetero) is 1. The first-order chi connectivity index (χ1) is 19.3. The lowest BCUT2D eigenvalue weighted by molar-refractivity contribution is -0.117. The van der Waals surface area contributed by atoms with Crippen LogP contribution in [0.15, 0.2) is 71.1 Å². The normalized spacial score (nSPS) is 23.5. The van der Waals surface area contributed by atoms with Crippen LogP contribution in [0, 0.1) is 12.7 Å². The van der Waals surface area contributed by atoms with Gasteiger partial charge in [-0.1, -0.05) is 55.0 Å². The summed E-state index contributed by atoms with van der Waals surface area (Å²) in [5.74, 6) is -0.503. The lowest BCUT2D eigenvalue weighted by Crippen LogP contribution is -2.52. The van der Waals surface area contributed by atoms with Crippen LogP contribution < -0.4 is 5.32 Å². The summed E-state index contributed by atoms with van der Waals surface area (Å²) in [7, 11) is 0. The van der Waals surface area contributed by atoms with Crippen LogP contribution in [0.2, 0.25) is 0 Å². The highest BCUT2D eigenvalue weighted by Crippen LogP contribution is 2.44. The van der Waals surface area contributed by atoms with Crippen molar-refractivity contribution >= 4 is 23.6 Å². The van der Waals surface area contributed by atoms with Crippen LogP contribution in [0.4, 0.5) is 4.39 Å². The Kier molecular flexibility index (Phi) is 8.94. The molecule has 1 heterocycles. The Balaban J connectivity index is 1.55. The molecule has 3 aromatic rings. The minimum absolute atomic E-state index is 0.0294. The maximum absolute atomic E-state index is 14.6. The number of rotatable bonds is 7. The van der Waals surface area contributed by atoms with Gasteiger partial charge in [-0.3, -0.25) is 4.79 Å². The van der Waals surface area contributed by atoms with Crippen molar-refractivity contribution in [2.45, 2.75) is 81.2 Å². The lowest BCUT2D eigenvalue weighted by atomic mass is 9.68. The Labute approximate surface area is 242 Å². The molecule has 3 atom stereocenters. The van der Waals surface area contributed by atoms with Gasteiger partial charge in [-0.2, -0.15) is 0 Å². The summed E-state index contributed by atoms with van der Waals surface area (Å²) in [6.07, 6.45) is 8.57. The predicted octanol–water partition coefficient (Wildman–Crippen LogP) is 7.22. The molecule has 1 aliphatic carbocycles. The van der Waals surface area contributed by atoms with E-state index < -0.39 is 11.5 Å². The van der Waals surface area contributed by atoms with Crippen LogP contribution in [-0.4, -0.2) is 35.3 Å². The van der Waals surface area contributed by atoms with E-state index in [1.165, 1.54) is 5.56 Å². The first-order valence-electron chi connectivity index (χ1n) is 14.5. The molecule has 0 amide bonds. The summed E-state index contributed by atoms with van der Waals surface area (Å²) in [5, 5.41) is 16.1. The number of piperidine rings is 1. The topological polar surface area (TPSA) is 49.3 Å². The number of benzene rings is 3. The molecule has 40 heavy (non-hydrogen) atoms. The highest BCUT2D eigenvalue weighted by Gasteiger charge is 2.45. The van der Waals surface area contributed by atoms with Gasteiger partial charge in [-0.05, 0) is 110 Å². The smallest absolute Gasteiger partial charge is 0.159 e. The summed E-state index contributed by atoms with van der Waals surface area (Å²) in [4.78, 5) is 15.0. The van der Waals surface area contributed by atoms with Gasteiger partial charge in [-0.25, -0.2) is 4.39 Å². The van der Waals surface area contributed by atoms with Gasteiger partial charge in [0, 0.05) is 28.8 Å². The van der Waals surface area contributed by atoms with E-state index in [4.69, 9.17) is 0 Å². The highest BCUT2D eigenvalue weighted by molar-refractivity contribution is 7.98. The molecule has 3 unspecified atom stereocenters. The van der Waals surface area contributed by atoms with Crippen molar-refractivity contribution in [3.8, 4) is 0 Å². The van der Waals surface area contributed by atoms with E-state index >= 15 is 0 Å². The van der Waals surface area contributed by atoms with Crippen molar-refractivity contribution in [3.63, 3.8) is 0 Å². The zero-order valence-corrected chi connectivity index (χ0v) is 24.6. The largest absolute Gasteiger partial charge is 0.389 e. The van der Waals surface area contributed by atoms with Gasteiger partial charge >= 0.3 is 0 Å². The van der Waals surface area contributed by atoms with E-state index in [2.05, 4.69) is 67.0 Å². The van der Waals surface area contributed by atoms with Gasteiger partial charge in [-0.15, -0.1) is 11.8 Å². The molecular weight excluding hydrogens is 517 g/mol. The summed E-state index contributed by atoms with van der Waals surface area (Å²) >= 11 is 1.70. The number of ketones is 1. The van der Waals surface area contributed by atoms with Gasteiger partial charge < -0.3 is 10.4 Å². The van der Waals surface area contributed by atoms with Gasteiger partial charge in [0.25, 0.3) is 0 Å². The SMILES string of the molecule is CCc1ccc(CC2CC(O)(C(/C3=C/c4cc(SC)ccc4CCCC3=O)c3ccc(C)cc3)CCN2)cc1F. The highest BCUT2D eigenvalue weighted by atomic mass is 32.2. The van der Waals surface area contributed by atoms with E-state index in [0.717, 1.165) is 45.6 Å². The van der Waals surface area contributed by atoms with Crippen LogP contribution >= 0.6 is 11.8 Å². The molecule has 2 aliphatic rings. The fraction of sp³-hybridized carbons (Fsp3) is 0.400. The fourth-order valence-corrected chi connectivity index (χ4v) is 6.91. The average molecular weight is 558 g/mol. The van der Waals surface area contributed by atoms with Crippen molar-refractivity contribution in [2.75, 3.05) is 12.8 Å². The van der Waals surface area contributed by atoms with Crippen LogP contribution in [0.1, 0.15) is 71.9 Å². The number of hydrogen-bond donors (Lipinski definition) is 2. The van der Waals surface area contributed by atoms with Crippen LogP contribution in [-0.2, 0) is 24.1 Å². The molecule has 2 N–H and O–H groups in total. The van der Waals surface area contributed by atoms with Gasteiger partial charge in [0.15, 0.2) is 5.78 Å². The van der Waals surface area contributed by atoms with E-state index in [0.29, 0.717) is 44.2 Å². The minimum Gasteiger partial charge on any atom is -0.389 e. The van der Waals surface area contributed by atoms with Gasteiger partial charge in [0.2, 0.25) is 0 Å². The van der Waals surface area contributed by atoms with E-state index in [1.54, 1.807) is 17.8 Å². The zero-order valence-electron chi connectivity index (χ0n) is 23.8. The van der Waals surface area contributed by atoms with Crippen LogP contribution in [0.3, 0.4) is 0 Å². The molecule has 5 heteroatoms. The fourth-order valence-electron chi connectivity index (χ4n) is 6.47. The second-order valence-corrected chi connectivity index (χ2v) is 12.4. The third-order valence-corrected chi connectivity index (χ3v) is 9.39. The maximum atomic E-state index is 14.6. The Morgan fingerprint density at radius 1 is 1.10 bits per heavy atom. The molecule has 0 bridgehead atoms. The molecular formula is C35H40FNO2S. The van der Waals surface area contributed by atoms with Crippen LogP contribution in [0.5, 0.6) is 0 Å². The molecule has 3 nitrogen and oxygen atoms in total. The third kappa shape index (κ3) is 6.27. The summed E-state index contributed by atoms with van der Waals surface area (Å²) in [6.45, 7) is 4.64. The molecule has 1 fully saturated rings. The minimum atomic E-state index is -1.12. The van der Waals surface area contributed by atoms with Crippen LogP contribution in [0.25, 0.3) is 6.08 Å². The van der Waals surface area contributed by atoms with Crippen molar-refractivity contribution in [2.24, 2.45) is 0 Å². The maximum Gasteiger partial charge on any atom is 0.159 e. The van der Waals surface area contributed by atoms with Crippen molar-refractivity contribution in [1.29, 1.82) is 0 Å². The van der Waals surface area contributed by atoms with E-state index in [1.807, 2.05) is 19.1 Å². The number of carbonyl (C=O) groups is 1. The van der Waals surface area contributed by atoms with Gasteiger partial charge in [0.1, 0.15) is 5.82 Å². The third-order valence-electron chi connectivity index (χ3n) is 8.67. The molecule has 0 spiro atoms. The molecule has 3 aromatic carbocycles. The summed E-state index contributed by atoms with van der Waals surface area (Å²) in [6, 6.07) is 20.2. The monoisotopic (exact) mass is 557 g/mol. The standard InChI is InChI=1S/C35H40FNO2S/c1-4-25-13-10-24(19-32(25)36)18-29-22-35(39,16-17-37-29)34(27-11-8-23(2)9-12-27)31-21-28-20-30(40-3)15-14-26(28)6-5-7-33(31)38/h8-15,19-21,29,34,37,39H,4-7,16-18,22H2,1-3H3/b31-21+. The molecule has 1 aliphatic heterocycles. The first-order valence-corrected chi connectivity index (χ1v) is 15.7. The summed E-state index contributed by atoms with van der Waals surface area (Å²) in [5.41, 5.74) is 5.65. The molecule has 0 saturated carbocycles.